The summed E-state index contributed by atoms with van der Waals surface area (Å²) in [6, 6.07) is 10.4. The molecule has 31 heavy (non-hydrogen) atoms. The van der Waals surface area contributed by atoms with E-state index in [1.165, 1.54) is 23.1 Å². The second kappa shape index (κ2) is 9.19. The Kier molecular flexibility index (Phi) is 6.62. The number of thioether (sulfide) groups is 1. The summed E-state index contributed by atoms with van der Waals surface area (Å²) in [7, 11) is 0. The number of aliphatic carboxylic acids is 1. The summed E-state index contributed by atoms with van der Waals surface area (Å²) in [6.07, 6.45) is 0.917. The van der Waals surface area contributed by atoms with Gasteiger partial charge in [-0.25, -0.2) is 9.59 Å². The number of carbonyl (C=O) groups is 3. The lowest BCUT2D eigenvalue weighted by molar-refractivity contribution is -0.145. The number of carboxylic acid groups (broad SMARTS) is 2. The van der Waals surface area contributed by atoms with Crippen molar-refractivity contribution in [1.29, 1.82) is 0 Å². The van der Waals surface area contributed by atoms with E-state index in [0.29, 0.717) is 22.6 Å². The van der Waals surface area contributed by atoms with Crippen molar-refractivity contribution < 1.29 is 34.4 Å². The molecule has 1 fully saturated rings. The molecule has 1 amide bonds. The maximum atomic E-state index is 12.9. The number of aromatic hydroxyl groups is 1. The van der Waals surface area contributed by atoms with Gasteiger partial charge < -0.3 is 20.1 Å². The molecule has 10 heteroatoms. The minimum Gasteiger partial charge on any atom is -0.507 e. The zero-order valence-electron chi connectivity index (χ0n) is 16.1. The highest BCUT2D eigenvalue weighted by Gasteiger charge is 2.34. The van der Waals surface area contributed by atoms with E-state index in [1.807, 2.05) is 0 Å². The first kappa shape index (κ1) is 22.3. The van der Waals surface area contributed by atoms with Crippen LogP contribution in [0.15, 0.2) is 47.4 Å². The molecule has 1 saturated heterocycles. The van der Waals surface area contributed by atoms with Gasteiger partial charge in [-0.3, -0.25) is 9.69 Å². The summed E-state index contributed by atoms with van der Waals surface area (Å²) in [5.74, 6) is -2.90. The summed E-state index contributed by atoms with van der Waals surface area (Å²) in [6.45, 7) is 1.70. The van der Waals surface area contributed by atoms with Gasteiger partial charge in [0.25, 0.3) is 5.91 Å². The van der Waals surface area contributed by atoms with E-state index >= 15 is 0 Å². The van der Waals surface area contributed by atoms with Crippen molar-refractivity contribution in [3.63, 3.8) is 0 Å². The Morgan fingerprint density at radius 1 is 1.23 bits per heavy atom. The van der Waals surface area contributed by atoms with Gasteiger partial charge >= 0.3 is 11.9 Å². The summed E-state index contributed by atoms with van der Waals surface area (Å²) in [4.78, 5) is 36.7. The maximum Gasteiger partial charge on any atom is 0.344 e. The molecule has 2 aromatic carbocycles. The third-order valence-corrected chi connectivity index (χ3v) is 5.65. The standard InChI is InChI=1S/C21H17NO7S2/c1-2-16(20(27)28)29-13-5-3-4-11(8-13)9-17-18(24)22(21(30)31-17)12-6-7-14(19(25)26)15(23)10-12/h3-10,16,23H,2H2,1H3,(H,25,26)(H,27,28)/b17-9-. The molecule has 1 aliphatic heterocycles. The number of carbonyl (C=O) groups excluding carboxylic acids is 1. The molecule has 0 aliphatic carbocycles. The van der Waals surface area contributed by atoms with E-state index < -0.39 is 29.7 Å². The molecule has 0 bridgehead atoms. The van der Waals surface area contributed by atoms with Crippen molar-refractivity contribution in [3.8, 4) is 11.5 Å². The van der Waals surface area contributed by atoms with E-state index in [1.54, 1.807) is 37.3 Å². The van der Waals surface area contributed by atoms with Crippen LogP contribution in [0, 0.1) is 0 Å². The number of anilines is 1. The SMILES string of the molecule is CCC(Oc1cccc(/C=C2\SC(=S)N(c3ccc(C(=O)O)c(O)c3)C2=O)c1)C(=O)O. The number of hydrogen-bond donors (Lipinski definition) is 3. The molecule has 2 aromatic rings. The van der Waals surface area contributed by atoms with Crippen LogP contribution in [0.5, 0.6) is 11.5 Å². The average Bonchev–Trinajstić information content (AvgIpc) is 2.98. The molecule has 1 atom stereocenters. The number of amides is 1. The first-order valence-corrected chi connectivity index (χ1v) is 10.3. The van der Waals surface area contributed by atoms with Crippen molar-refractivity contribution >= 4 is 57.9 Å². The number of phenols is 1. The van der Waals surface area contributed by atoms with Crippen molar-refractivity contribution in [1.82, 2.24) is 0 Å². The van der Waals surface area contributed by atoms with Gasteiger partial charge in [-0.05, 0) is 42.3 Å². The van der Waals surface area contributed by atoms with Gasteiger partial charge in [-0.2, -0.15) is 0 Å². The van der Waals surface area contributed by atoms with Crippen LogP contribution in [-0.4, -0.2) is 43.6 Å². The van der Waals surface area contributed by atoms with Crippen LogP contribution < -0.4 is 9.64 Å². The van der Waals surface area contributed by atoms with Gasteiger partial charge in [0.1, 0.15) is 17.1 Å². The van der Waals surface area contributed by atoms with Gasteiger partial charge in [0.2, 0.25) is 0 Å². The highest BCUT2D eigenvalue weighted by Crippen LogP contribution is 2.37. The number of carboxylic acids is 2. The summed E-state index contributed by atoms with van der Waals surface area (Å²) in [5, 5.41) is 28.1. The van der Waals surface area contributed by atoms with E-state index in [9.17, 15) is 19.5 Å². The monoisotopic (exact) mass is 459 g/mol. The van der Waals surface area contributed by atoms with Crippen molar-refractivity contribution in [2.24, 2.45) is 0 Å². The van der Waals surface area contributed by atoms with Crippen molar-refractivity contribution in [2.45, 2.75) is 19.4 Å². The predicted octanol–water partition coefficient (Wildman–Crippen LogP) is 3.74. The van der Waals surface area contributed by atoms with E-state index in [0.717, 1.165) is 11.8 Å². The Bertz CT molecular complexity index is 1110. The Balaban J connectivity index is 1.85. The van der Waals surface area contributed by atoms with Gasteiger partial charge in [0.05, 0.1) is 10.6 Å². The maximum absolute atomic E-state index is 12.9. The molecule has 8 nitrogen and oxygen atoms in total. The van der Waals surface area contributed by atoms with E-state index in [4.69, 9.17) is 27.2 Å². The Morgan fingerprint density at radius 2 is 1.97 bits per heavy atom. The largest absolute Gasteiger partial charge is 0.507 e. The summed E-state index contributed by atoms with van der Waals surface area (Å²) >= 11 is 6.34. The van der Waals surface area contributed by atoms with Crippen LogP contribution in [0.2, 0.25) is 0 Å². The molecular weight excluding hydrogens is 442 g/mol. The van der Waals surface area contributed by atoms with Crippen LogP contribution >= 0.6 is 24.0 Å². The van der Waals surface area contributed by atoms with E-state index in [2.05, 4.69) is 0 Å². The highest BCUT2D eigenvalue weighted by molar-refractivity contribution is 8.27. The molecule has 3 rings (SSSR count). The molecule has 0 spiro atoms. The number of ether oxygens (including phenoxy) is 1. The quantitative estimate of drug-likeness (QED) is 0.419. The fourth-order valence-electron chi connectivity index (χ4n) is 2.83. The fraction of sp³-hybridized carbons (Fsp3) is 0.143. The predicted molar refractivity (Wildman–Crippen MR) is 120 cm³/mol. The molecule has 1 unspecified atom stereocenters. The third-order valence-electron chi connectivity index (χ3n) is 4.34. The fourth-order valence-corrected chi connectivity index (χ4v) is 4.13. The Hall–Kier alpha value is -3.37. The number of benzene rings is 2. The molecule has 0 radical (unpaired) electrons. The number of nitrogens with zero attached hydrogens (tertiary/aromatic N) is 1. The van der Waals surface area contributed by atoms with E-state index in [-0.39, 0.29) is 15.6 Å². The number of thiocarbonyl (C=S) groups is 1. The smallest absolute Gasteiger partial charge is 0.344 e. The summed E-state index contributed by atoms with van der Waals surface area (Å²) in [5.41, 5.74) is 0.577. The van der Waals surface area contributed by atoms with Crippen molar-refractivity contribution in [2.75, 3.05) is 4.90 Å². The van der Waals surface area contributed by atoms with Crippen molar-refractivity contribution in [3.05, 3.63) is 58.5 Å². The Labute approximate surface area is 186 Å². The van der Waals surface area contributed by atoms with Gasteiger partial charge in [0, 0.05) is 6.07 Å². The summed E-state index contributed by atoms with van der Waals surface area (Å²) < 4.78 is 5.70. The number of hydrogen-bond acceptors (Lipinski definition) is 7. The molecular formula is C21H17NO7S2. The normalized spacial score (nSPS) is 15.9. The highest BCUT2D eigenvalue weighted by atomic mass is 32.2. The van der Waals surface area contributed by atoms with Gasteiger partial charge in [0.15, 0.2) is 10.4 Å². The first-order chi connectivity index (χ1) is 14.7. The zero-order valence-corrected chi connectivity index (χ0v) is 17.8. The minimum atomic E-state index is -1.29. The van der Waals surface area contributed by atoms with Crippen LogP contribution in [0.25, 0.3) is 6.08 Å². The zero-order chi connectivity index (χ0) is 22.7. The Morgan fingerprint density at radius 3 is 2.58 bits per heavy atom. The second-order valence-electron chi connectivity index (χ2n) is 6.45. The van der Waals surface area contributed by atoms with Gasteiger partial charge in [-0.1, -0.05) is 43.0 Å². The van der Waals surface area contributed by atoms with Gasteiger partial charge in [-0.15, -0.1) is 0 Å². The first-order valence-electron chi connectivity index (χ1n) is 9.05. The van der Waals surface area contributed by atoms with Crippen LogP contribution in [0.4, 0.5) is 5.69 Å². The molecule has 1 heterocycles. The minimum absolute atomic E-state index is 0.225. The van der Waals surface area contributed by atoms with Crippen LogP contribution in [0.3, 0.4) is 0 Å². The molecule has 160 valence electrons. The topological polar surface area (TPSA) is 124 Å². The molecule has 0 aromatic heterocycles. The lowest BCUT2D eigenvalue weighted by Crippen LogP contribution is -2.27. The number of rotatable bonds is 7. The van der Waals surface area contributed by atoms with Crippen LogP contribution in [-0.2, 0) is 9.59 Å². The molecule has 3 N–H and O–H groups in total. The average molecular weight is 460 g/mol. The van der Waals surface area contributed by atoms with Crippen LogP contribution in [0.1, 0.15) is 29.3 Å². The lowest BCUT2D eigenvalue weighted by Gasteiger charge is -2.15. The number of aromatic carboxylic acids is 1. The molecule has 0 saturated carbocycles. The lowest BCUT2D eigenvalue weighted by atomic mass is 10.1. The second-order valence-corrected chi connectivity index (χ2v) is 8.12. The third kappa shape index (κ3) is 4.86. The molecule has 1 aliphatic rings.